The van der Waals surface area contributed by atoms with E-state index in [1.54, 1.807) is 4.90 Å². The molecule has 2 rings (SSSR count). The molecule has 0 bridgehead atoms. The molecule has 116 valence electrons. The Morgan fingerprint density at radius 3 is 2.76 bits per heavy atom. The standard InChI is InChI=1S/C15H23ClN4O/c1-9(2)13-18-7-10(16)12(19-13)14(21)20-6-5-11(17)15(3,4)8-20/h7,9,11H,5-6,8,17H2,1-4H3. The van der Waals surface area contributed by atoms with Crippen molar-refractivity contribution in [1.82, 2.24) is 14.9 Å². The molecule has 1 aliphatic heterocycles. The highest BCUT2D eigenvalue weighted by atomic mass is 35.5. The van der Waals surface area contributed by atoms with Crippen LogP contribution in [0, 0.1) is 5.41 Å². The highest BCUT2D eigenvalue weighted by Crippen LogP contribution is 2.29. The Morgan fingerprint density at radius 1 is 1.52 bits per heavy atom. The molecule has 1 aromatic rings. The van der Waals surface area contributed by atoms with Crippen molar-refractivity contribution >= 4 is 17.5 Å². The van der Waals surface area contributed by atoms with Crippen molar-refractivity contribution in [1.29, 1.82) is 0 Å². The van der Waals surface area contributed by atoms with E-state index in [2.05, 4.69) is 23.8 Å². The molecule has 1 aliphatic rings. The second kappa shape index (κ2) is 5.89. The van der Waals surface area contributed by atoms with Gasteiger partial charge in [-0.05, 0) is 11.8 Å². The van der Waals surface area contributed by atoms with E-state index < -0.39 is 0 Å². The van der Waals surface area contributed by atoms with Crippen molar-refractivity contribution < 1.29 is 4.79 Å². The summed E-state index contributed by atoms with van der Waals surface area (Å²) in [5.41, 5.74) is 6.31. The summed E-state index contributed by atoms with van der Waals surface area (Å²) in [7, 11) is 0. The number of halogens is 1. The summed E-state index contributed by atoms with van der Waals surface area (Å²) in [6.07, 6.45) is 2.30. The number of rotatable bonds is 2. The van der Waals surface area contributed by atoms with Gasteiger partial charge in [-0.3, -0.25) is 4.79 Å². The van der Waals surface area contributed by atoms with Crippen molar-refractivity contribution in [2.75, 3.05) is 13.1 Å². The van der Waals surface area contributed by atoms with Crippen LogP contribution in [0.3, 0.4) is 0 Å². The van der Waals surface area contributed by atoms with E-state index in [4.69, 9.17) is 17.3 Å². The second-order valence-corrected chi connectivity index (χ2v) is 7.10. The van der Waals surface area contributed by atoms with Gasteiger partial charge in [0.15, 0.2) is 5.69 Å². The summed E-state index contributed by atoms with van der Waals surface area (Å²) < 4.78 is 0. The summed E-state index contributed by atoms with van der Waals surface area (Å²) in [5, 5.41) is 0.303. The maximum Gasteiger partial charge on any atom is 0.274 e. The normalized spacial score (nSPS) is 21.7. The van der Waals surface area contributed by atoms with Crippen LogP contribution < -0.4 is 5.73 Å². The molecule has 21 heavy (non-hydrogen) atoms. The molecule has 1 saturated heterocycles. The van der Waals surface area contributed by atoms with E-state index in [-0.39, 0.29) is 23.3 Å². The predicted octanol–water partition coefficient (Wildman–Crippen LogP) is 2.45. The summed E-state index contributed by atoms with van der Waals surface area (Å²) in [5.74, 6) is 0.653. The number of hydrogen-bond donors (Lipinski definition) is 1. The first-order chi connectivity index (χ1) is 9.72. The van der Waals surface area contributed by atoms with Gasteiger partial charge in [-0.25, -0.2) is 9.97 Å². The number of aromatic nitrogens is 2. The zero-order valence-corrected chi connectivity index (χ0v) is 13.8. The lowest BCUT2D eigenvalue weighted by Crippen LogP contribution is -2.54. The van der Waals surface area contributed by atoms with Gasteiger partial charge in [0.1, 0.15) is 5.82 Å². The van der Waals surface area contributed by atoms with E-state index in [1.807, 2.05) is 13.8 Å². The molecule has 0 aliphatic carbocycles. The number of nitrogens with two attached hydrogens (primary N) is 1. The van der Waals surface area contributed by atoms with Crippen LogP contribution in [-0.2, 0) is 0 Å². The fraction of sp³-hybridized carbons (Fsp3) is 0.667. The van der Waals surface area contributed by atoms with Crippen LogP contribution in [0.1, 0.15) is 56.3 Å². The number of carbonyl (C=O) groups excluding carboxylic acids is 1. The number of nitrogens with zero attached hydrogens (tertiary/aromatic N) is 3. The van der Waals surface area contributed by atoms with Gasteiger partial charge >= 0.3 is 0 Å². The summed E-state index contributed by atoms with van der Waals surface area (Å²) >= 11 is 6.12. The summed E-state index contributed by atoms with van der Waals surface area (Å²) in [6.45, 7) is 9.39. The van der Waals surface area contributed by atoms with Gasteiger partial charge in [0, 0.05) is 25.0 Å². The maximum absolute atomic E-state index is 12.7. The SMILES string of the molecule is CC(C)c1ncc(Cl)c(C(=O)N2CCC(N)C(C)(C)C2)n1. The zero-order chi connectivity index (χ0) is 15.8. The van der Waals surface area contributed by atoms with E-state index in [0.29, 0.717) is 29.6 Å². The van der Waals surface area contributed by atoms with Crippen molar-refractivity contribution in [2.45, 2.75) is 46.1 Å². The molecule has 1 fully saturated rings. The molecular formula is C15H23ClN4O. The Bertz CT molecular complexity index is 544. The molecule has 5 nitrogen and oxygen atoms in total. The lowest BCUT2D eigenvalue weighted by atomic mass is 9.79. The highest BCUT2D eigenvalue weighted by molar-refractivity contribution is 6.33. The molecule has 1 aromatic heterocycles. The first-order valence-electron chi connectivity index (χ1n) is 7.29. The smallest absolute Gasteiger partial charge is 0.274 e. The van der Waals surface area contributed by atoms with Crippen LogP contribution in [0.2, 0.25) is 5.02 Å². The first-order valence-corrected chi connectivity index (χ1v) is 7.67. The van der Waals surface area contributed by atoms with Crippen LogP contribution in [0.25, 0.3) is 0 Å². The third-order valence-electron chi connectivity index (χ3n) is 4.08. The topological polar surface area (TPSA) is 72.1 Å². The van der Waals surface area contributed by atoms with Crippen LogP contribution in [0.4, 0.5) is 0 Å². The Kier molecular flexibility index (Phi) is 4.54. The Labute approximate surface area is 130 Å². The van der Waals surface area contributed by atoms with Gasteiger partial charge < -0.3 is 10.6 Å². The van der Waals surface area contributed by atoms with Crippen LogP contribution in [0.5, 0.6) is 0 Å². The van der Waals surface area contributed by atoms with Gasteiger partial charge in [0.25, 0.3) is 5.91 Å². The van der Waals surface area contributed by atoms with Gasteiger partial charge in [0.05, 0.1) is 11.2 Å². The zero-order valence-electron chi connectivity index (χ0n) is 13.1. The summed E-state index contributed by atoms with van der Waals surface area (Å²) in [6, 6.07) is 0.105. The highest BCUT2D eigenvalue weighted by Gasteiger charge is 2.36. The molecule has 0 radical (unpaired) electrons. The molecule has 1 amide bonds. The predicted molar refractivity (Wildman–Crippen MR) is 83.4 cm³/mol. The fourth-order valence-corrected chi connectivity index (χ4v) is 2.68. The molecule has 2 N–H and O–H groups in total. The van der Waals surface area contributed by atoms with E-state index in [1.165, 1.54) is 6.20 Å². The molecule has 0 aromatic carbocycles. The Morgan fingerprint density at radius 2 is 2.19 bits per heavy atom. The maximum atomic E-state index is 12.7. The molecule has 6 heteroatoms. The number of carbonyl (C=O) groups is 1. The lowest BCUT2D eigenvalue weighted by Gasteiger charge is -2.42. The Hall–Kier alpha value is -1.20. The van der Waals surface area contributed by atoms with E-state index in [9.17, 15) is 4.79 Å². The van der Waals surface area contributed by atoms with E-state index in [0.717, 1.165) is 6.42 Å². The number of likely N-dealkylation sites (tertiary alicyclic amines) is 1. The van der Waals surface area contributed by atoms with Crippen molar-refractivity contribution in [3.05, 3.63) is 22.7 Å². The van der Waals surface area contributed by atoms with Crippen molar-refractivity contribution in [2.24, 2.45) is 11.1 Å². The third-order valence-corrected chi connectivity index (χ3v) is 4.36. The second-order valence-electron chi connectivity index (χ2n) is 6.69. The van der Waals surface area contributed by atoms with Gasteiger partial charge in [-0.1, -0.05) is 39.3 Å². The molecule has 0 saturated carbocycles. The van der Waals surface area contributed by atoms with Gasteiger partial charge in [0.2, 0.25) is 0 Å². The van der Waals surface area contributed by atoms with Gasteiger partial charge in [-0.15, -0.1) is 0 Å². The average Bonchev–Trinajstić information content (AvgIpc) is 2.41. The lowest BCUT2D eigenvalue weighted by molar-refractivity contribution is 0.0527. The van der Waals surface area contributed by atoms with Gasteiger partial charge in [-0.2, -0.15) is 0 Å². The number of amides is 1. The van der Waals surface area contributed by atoms with Crippen molar-refractivity contribution in [3.8, 4) is 0 Å². The quantitative estimate of drug-likeness (QED) is 0.910. The minimum Gasteiger partial charge on any atom is -0.337 e. The fourth-order valence-electron chi connectivity index (χ4n) is 2.51. The largest absolute Gasteiger partial charge is 0.337 e. The number of hydrogen-bond acceptors (Lipinski definition) is 4. The Balaban J connectivity index is 2.26. The number of piperidine rings is 1. The molecule has 1 unspecified atom stereocenters. The third kappa shape index (κ3) is 3.35. The molecule has 0 spiro atoms. The molecule has 1 atom stereocenters. The molecular weight excluding hydrogens is 288 g/mol. The van der Waals surface area contributed by atoms with Crippen molar-refractivity contribution in [3.63, 3.8) is 0 Å². The van der Waals surface area contributed by atoms with Crippen LogP contribution in [-0.4, -0.2) is 39.9 Å². The summed E-state index contributed by atoms with van der Waals surface area (Å²) in [4.78, 5) is 23.0. The average molecular weight is 311 g/mol. The molecule has 2 heterocycles. The van der Waals surface area contributed by atoms with Crippen LogP contribution >= 0.6 is 11.6 Å². The first kappa shape index (κ1) is 16.2. The van der Waals surface area contributed by atoms with E-state index >= 15 is 0 Å². The monoisotopic (exact) mass is 310 g/mol. The minimum atomic E-state index is -0.135. The minimum absolute atomic E-state index is 0.103. The van der Waals surface area contributed by atoms with Crippen LogP contribution in [0.15, 0.2) is 6.20 Å².